The maximum Gasteiger partial charge on any atom is 0.289 e. The van der Waals surface area contributed by atoms with Crippen LogP contribution in [-0.2, 0) is 11.2 Å². The Morgan fingerprint density at radius 1 is 1.19 bits per heavy atom. The van der Waals surface area contributed by atoms with Crippen LogP contribution >= 0.6 is 0 Å². The SMILES string of the molecule is COC(=N)N1CCN(C(=O)c2cc(Cc3n[nH]c(=O)c4ccc(OC5CCC5)cc34)ccc2F)CC1=N. The van der Waals surface area contributed by atoms with E-state index in [1.807, 2.05) is 6.07 Å². The molecule has 2 fully saturated rings. The molecule has 10 nitrogen and oxygen atoms in total. The van der Waals surface area contributed by atoms with Crippen LogP contribution in [0.2, 0.25) is 0 Å². The molecular formula is C26H27FN6O4. The van der Waals surface area contributed by atoms with Gasteiger partial charge in [0.15, 0.2) is 0 Å². The predicted molar refractivity (Wildman–Crippen MR) is 135 cm³/mol. The molecule has 1 saturated carbocycles. The quantitative estimate of drug-likeness (QED) is 0.360. The molecule has 0 bridgehead atoms. The Balaban J connectivity index is 1.39. The van der Waals surface area contributed by atoms with Gasteiger partial charge in [-0.15, -0.1) is 0 Å². The molecule has 3 aromatic rings. The number of piperazine rings is 1. The molecule has 1 aliphatic heterocycles. The average molecular weight is 507 g/mol. The van der Waals surface area contributed by atoms with E-state index in [2.05, 4.69) is 10.2 Å². The summed E-state index contributed by atoms with van der Waals surface area (Å²) in [6.45, 7) is 0.355. The number of carbonyl (C=O) groups is 1. The molecule has 2 aromatic carbocycles. The number of hydrogen-bond donors (Lipinski definition) is 3. The van der Waals surface area contributed by atoms with Crippen LogP contribution in [0.3, 0.4) is 0 Å². The fourth-order valence-electron chi connectivity index (χ4n) is 4.51. The van der Waals surface area contributed by atoms with Gasteiger partial charge in [0.25, 0.3) is 17.5 Å². The minimum Gasteiger partial charge on any atom is -0.490 e. The van der Waals surface area contributed by atoms with Gasteiger partial charge < -0.3 is 14.4 Å². The van der Waals surface area contributed by atoms with Crippen molar-refractivity contribution >= 4 is 28.5 Å². The molecule has 1 aliphatic carbocycles. The van der Waals surface area contributed by atoms with Crippen LogP contribution in [0, 0.1) is 16.6 Å². The Labute approximate surface area is 212 Å². The third-order valence-electron chi connectivity index (χ3n) is 6.81. The Morgan fingerprint density at radius 3 is 2.70 bits per heavy atom. The molecule has 1 amide bonds. The van der Waals surface area contributed by atoms with E-state index in [0.717, 1.165) is 19.3 Å². The zero-order valence-corrected chi connectivity index (χ0v) is 20.3. The summed E-state index contributed by atoms with van der Waals surface area (Å²) in [6.07, 6.45) is 3.60. The van der Waals surface area contributed by atoms with Gasteiger partial charge in [-0.1, -0.05) is 6.07 Å². The Morgan fingerprint density at radius 2 is 2.00 bits per heavy atom. The van der Waals surface area contributed by atoms with E-state index in [0.29, 0.717) is 27.8 Å². The summed E-state index contributed by atoms with van der Waals surface area (Å²) in [5, 5.41) is 23.8. The van der Waals surface area contributed by atoms with E-state index in [9.17, 15) is 14.0 Å². The number of fused-ring (bicyclic) bond motifs is 1. The number of benzene rings is 2. The summed E-state index contributed by atoms with van der Waals surface area (Å²) in [7, 11) is 1.34. The number of aromatic amines is 1. The van der Waals surface area contributed by atoms with Gasteiger partial charge in [0.1, 0.15) is 17.4 Å². The molecule has 0 spiro atoms. The number of nitrogens with zero attached hydrogens (tertiary/aromatic N) is 3. The topological polar surface area (TPSA) is 135 Å². The standard InChI is InChI=1S/C26H27FN6O4/c1-36-26(29)33-10-9-32(14-23(33)28)25(35)20-11-15(5-8-21(20)27)12-22-19-13-17(37-16-3-2-4-16)6-7-18(19)24(34)31-30-22/h5-8,11,13,16,28-29H,2-4,9-10,12,14H2,1H3,(H,31,34). The van der Waals surface area contributed by atoms with Crippen molar-refractivity contribution in [3.8, 4) is 5.75 Å². The van der Waals surface area contributed by atoms with Crippen molar-refractivity contribution in [3.05, 3.63) is 69.4 Å². The molecule has 3 N–H and O–H groups in total. The van der Waals surface area contributed by atoms with Crippen LogP contribution in [0.25, 0.3) is 10.8 Å². The number of rotatable bonds is 5. The van der Waals surface area contributed by atoms with Gasteiger partial charge >= 0.3 is 0 Å². The van der Waals surface area contributed by atoms with Gasteiger partial charge in [0.05, 0.1) is 36.4 Å². The Hall–Kier alpha value is -4.28. The van der Waals surface area contributed by atoms with Crippen molar-refractivity contribution in [3.63, 3.8) is 0 Å². The zero-order chi connectivity index (χ0) is 26.1. The highest BCUT2D eigenvalue weighted by Crippen LogP contribution is 2.28. The van der Waals surface area contributed by atoms with Crippen LogP contribution < -0.4 is 10.3 Å². The first-order valence-electron chi connectivity index (χ1n) is 12.1. The normalized spacial score (nSPS) is 16.0. The Kier molecular flexibility index (Phi) is 6.60. The molecule has 2 aliphatic rings. The second kappa shape index (κ2) is 10.00. The molecule has 37 heavy (non-hydrogen) atoms. The highest BCUT2D eigenvalue weighted by Gasteiger charge is 2.29. The first-order valence-corrected chi connectivity index (χ1v) is 12.1. The second-order valence-corrected chi connectivity index (χ2v) is 9.20. The summed E-state index contributed by atoms with van der Waals surface area (Å²) in [4.78, 5) is 28.2. The number of nitrogens with one attached hydrogen (secondary N) is 3. The summed E-state index contributed by atoms with van der Waals surface area (Å²) >= 11 is 0. The number of amidine groups is 2. The highest BCUT2D eigenvalue weighted by atomic mass is 19.1. The summed E-state index contributed by atoms with van der Waals surface area (Å²) in [5.74, 6) is -0.512. The predicted octanol–water partition coefficient (Wildman–Crippen LogP) is 2.90. The lowest BCUT2D eigenvalue weighted by Crippen LogP contribution is -2.54. The lowest BCUT2D eigenvalue weighted by atomic mass is 9.96. The van der Waals surface area contributed by atoms with Crippen molar-refractivity contribution in [2.24, 2.45) is 0 Å². The van der Waals surface area contributed by atoms with Gasteiger partial charge in [0, 0.05) is 24.9 Å². The second-order valence-electron chi connectivity index (χ2n) is 9.20. The smallest absolute Gasteiger partial charge is 0.289 e. The largest absolute Gasteiger partial charge is 0.490 e. The molecule has 192 valence electrons. The van der Waals surface area contributed by atoms with Gasteiger partial charge in [-0.05, 0) is 55.2 Å². The summed E-state index contributed by atoms with van der Waals surface area (Å²) in [6, 6.07) is 9.43. The highest BCUT2D eigenvalue weighted by molar-refractivity contribution is 6.01. The van der Waals surface area contributed by atoms with E-state index in [1.54, 1.807) is 18.2 Å². The third-order valence-corrected chi connectivity index (χ3v) is 6.81. The van der Waals surface area contributed by atoms with Crippen LogP contribution in [0.4, 0.5) is 4.39 Å². The fraction of sp³-hybridized carbons (Fsp3) is 0.346. The summed E-state index contributed by atoms with van der Waals surface area (Å²) in [5.41, 5.74) is 0.799. The number of halogens is 1. The lowest BCUT2D eigenvalue weighted by Gasteiger charge is -2.35. The van der Waals surface area contributed by atoms with Crippen LogP contribution in [0.1, 0.15) is 40.9 Å². The van der Waals surface area contributed by atoms with E-state index >= 15 is 0 Å². The van der Waals surface area contributed by atoms with Crippen LogP contribution in [0.5, 0.6) is 5.75 Å². The fourth-order valence-corrected chi connectivity index (χ4v) is 4.51. The summed E-state index contributed by atoms with van der Waals surface area (Å²) < 4.78 is 25.6. The van der Waals surface area contributed by atoms with Crippen LogP contribution in [0.15, 0.2) is 41.2 Å². The maximum absolute atomic E-state index is 14.7. The van der Waals surface area contributed by atoms with Crippen molar-refractivity contribution in [1.82, 2.24) is 20.0 Å². The van der Waals surface area contributed by atoms with Gasteiger partial charge in [-0.2, -0.15) is 5.10 Å². The minimum absolute atomic E-state index is 0.0202. The van der Waals surface area contributed by atoms with E-state index in [4.69, 9.17) is 20.3 Å². The zero-order valence-electron chi connectivity index (χ0n) is 20.3. The monoisotopic (exact) mass is 506 g/mol. The number of H-pyrrole nitrogens is 1. The van der Waals surface area contributed by atoms with Gasteiger partial charge in [-0.3, -0.25) is 25.3 Å². The van der Waals surface area contributed by atoms with E-state index in [-0.39, 0.29) is 55.1 Å². The number of aromatic nitrogens is 2. The van der Waals surface area contributed by atoms with Gasteiger partial charge in [-0.25, -0.2) is 9.49 Å². The molecule has 1 aromatic heterocycles. The molecule has 0 radical (unpaired) electrons. The molecular weight excluding hydrogens is 479 g/mol. The Bertz CT molecular complexity index is 1450. The van der Waals surface area contributed by atoms with Crippen LogP contribution in [-0.4, -0.2) is 70.6 Å². The number of ether oxygens (including phenoxy) is 2. The lowest BCUT2D eigenvalue weighted by molar-refractivity contribution is 0.0747. The van der Waals surface area contributed by atoms with Crippen molar-refractivity contribution in [1.29, 1.82) is 10.8 Å². The van der Waals surface area contributed by atoms with Crippen molar-refractivity contribution in [2.45, 2.75) is 31.8 Å². The molecule has 0 unspecified atom stereocenters. The number of methoxy groups -OCH3 is 1. The molecule has 1 saturated heterocycles. The number of carbonyl (C=O) groups excluding carboxylic acids is 1. The van der Waals surface area contributed by atoms with Crippen molar-refractivity contribution < 1.29 is 18.7 Å². The minimum atomic E-state index is -0.664. The van der Waals surface area contributed by atoms with E-state index in [1.165, 1.54) is 29.0 Å². The first-order chi connectivity index (χ1) is 17.8. The molecule has 2 heterocycles. The number of hydrogen-bond acceptors (Lipinski definition) is 7. The average Bonchev–Trinajstić information content (AvgIpc) is 2.88. The molecule has 0 atom stereocenters. The third kappa shape index (κ3) is 4.89. The van der Waals surface area contributed by atoms with E-state index < -0.39 is 11.7 Å². The number of amides is 1. The van der Waals surface area contributed by atoms with Crippen molar-refractivity contribution in [2.75, 3.05) is 26.7 Å². The maximum atomic E-state index is 14.7. The molecule has 11 heteroatoms. The first kappa shape index (κ1) is 24.4. The van der Waals surface area contributed by atoms with Gasteiger partial charge in [0.2, 0.25) is 0 Å². The molecule has 5 rings (SSSR count).